The molecule has 7 nitrogen and oxygen atoms in total. The number of aromatic nitrogens is 2. The molecule has 0 aromatic carbocycles. The maximum Gasteiger partial charge on any atom is 0.345 e. The molecule has 2 unspecified atom stereocenters. The second-order valence-corrected chi connectivity index (χ2v) is 13.2. The summed E-state index contributed by atoms with van der Waals surface area (Å²) in [5, 5.41) is 3.22. The minimum atomic E-state index is -5.38. The van der Waals surface area contributed by atoms with E-state index in [1.807, 2.05) is 13.1 Å². The third-order valence-electron chi connectivity index (χ3n) is 6.87. The molecule has 2 atom stereocenters. The van der Waals surface area contributed by atoms with Gasteiger partial charge in [0.15, 0.2) is 4.87 Å². The number of fused-ring (bicyclic) bond motifs is 1. The molecule has 2 heterocycles. The number of rotatable bonds is 14. The number of hydrogen-bond donors (Lipinski definition) is 3. The van der Waals surface area contributed by atoms with Crippen molar-refractivity contribution in [3.63, 3.8) is 0 Å². The lowest BCUT2D eigenvalue weighted by Crippen LogP contribution is -2.49. The first-order valence-corrected chi connectivity index (χ1v) is 14.9. The number of aryl methyl sites for hydroxylation is 1. The topological polar surface area (TPSA) is 83.6 Å². The Bertz CT molecular complexity index is 1170. The van der Waals surface area contributed by atoms with Crippen LogP contribution in [0.25, 0.3) is 5.82 Å². The molecule has 1 aliphatic heterocycles. The quantitative estimate of drug-likeness (QED) is 0.105. The summed E-state index contributed by atoms with van der Waals surface area (Å²) in [5.41, 5.74) is 8.45. The number of aliphatic imine (C=N–C) groups is 2. The van der Waals surface area contributed by atoms with Crippen LogP contribution < -0.4 is 20.5 Å². The second kappa shape index (κ2) is 13.3. The highest BCUT2D eigenvalue weighted by Gasteiger charge is 2.55. The number of nitrogens with two attached hydrogens (primary N) is 1. The Kier molecular flexibility index (Phi) is 11.2. The van der Waals surface area contributed by atoms with Crippen LogP contribution in [0.3, 0.4) is 0 Å². The molecule has 2 rings (SSSR count). The third kappa shape index (κ3) is 7.61. The first-order chi connectivity index (χ1) is 18.1. The van der Waals surface area contributed by atoms with E-state index in [1.165, 1.54) is 28.2 Å². The fourth-order valence-electron chi connectivity index (χ4n) is 5.00. The lowest BCUT2D eigenvalue weighted by molar-refractivity contribution is -0.677. The van der Waals surface area contributed by atoms with Crippen LogP contribution in [0.5, 0.6) is 0 Å². The van der Waals surface area contributed by atoms with E-state index in [0.29, 0.717) is 35.2 Å². The van der Waals surface area contributed by atoms with Gasteiger partial charge in [-0.05, 0) is 81.6 Å². The molecule has 0 fully saturated rings. The van der Waals surface area contributed by atoms with Gasteiger partial charge in [0.05, 0.1) is 10.6 Å². The van der Waals surface area contributed by atoms with Gasteiger partial charge in [0, 0.05) is 36.8 Å². The summed E-state index contributed by atoms with van der Waals surface area (Å²) in [7, 11) is 3.59. The maximum atomic E-state index is 14.2. The molecule has 4 N–H and O–H groups in total. The average molecular weight is 587 g/mol. The highest BCUT2D eigenvalue weighted by molar-refractivity contribution is 8.21. The van der Waals surface area contributed by atoms with Gasteiger partial charge in [-0.2, -0.15) is 4.68 Å². The molecule has 0 saturated carbocycles. The lowest BCUT2D eigenvalue weighted by atomic mass is 9.75. The Balaban J connectivity index is 2.57. The van der Waals surface area contributed by atoms with Crippen LogP contribution in [0.4, 0.5) is 11.7 Å². The first kappa shape index (κ1) is 32.8. The minimum Gasteiger partial charge on any atom is -0.401 e. The number of hydrogen-bond acceptors (Lipinski definition) is 6. The Labute approximate surface area is 237 Å². The molecule has 0 saturated heterocycles. The van der Waals surface area contributed by atoms with Crippen molar-refractivity contribution in [2.75, 3.05) is 20.6 Å². The van der Waals surface area contributed by atoms with Gasteiger partial charge in [-0.15, -0.1) is 16.3 Å². The van der Waals surface area contributed by atoms with Crippen molar-refractivity contribution in [1.82, 2.24) is 14.7 Å². The molecule has 0 bridgehead atoms. The van der Waals surface area contributed by atoms with Gasteiger partial charge < -0.3 is 15.8 Å². The zero-order valence-corrected chi connectivity index (χ0v) is 25.7. The van der Waals surface area contributed by atoms with Gasteiger partial charge in [-0.25, -0.2) is 0 Å². The van der Waals surface area contributed by atoms with Crippen molar-refractivity contribution in [1.29, 1.82) is 0 Å². The Morgan fingerprint density at radius 1 is 1.38 bits per heavy atom. The van der Waals surface area contributed by atoms with Crippen LogP contribution in [0.1, 0.15) is 53.2 Å². The molecule has 1 aromatic heterocycles. The van der Waals surface area contributed by atoms with E-state index in [0.717, 1.165) is 23.4 Å². The summed E-state index contributed by atoms with van der Waals surface area (Å²) in [4.78, 5) is 6.99. The Morgan fingerprint density at radius 2 is 2.05 bits per heavy atom. The normalized spacial score (nSPS) is 20.6. The van der Waals surface area contributed by atoms with Crippen LogP contribution in [0, 0.1) is 11.3 Å². The van der Waals surface area contributed by atoms with Crippen LogP contribution in [0.15, 0.2) is 62.9 Å². The van der Waals surface area contributed by atoms with Crippen molar-refractivity contribution < 1.29 is 16.3 Å². The van der Waals surface area contributed by atoms with E-state index in [9.17, 15) is 11.7 Å². The predicted octanol–water partition coefficient (Wildman–Crippen LogP) is 6.19. The Morgan fingerprint density at radius 3 is 2.59 bits per heavy atom. The van der Waals surface area contributed by atoms with Crippen molar-refractivity contribution in [3.05, 3.63) is 58.6 Å². The van der Waals surface area contributed by atoms with E-state index in [-0.39, 0.29) is 11.8 Å². The number of nitrogens with one attached hydrogen (secondary N) is 2. The Hall–Kier alpha value is -2.44. The molecule has 1 aliphatic rings. The molecule has 218 valence electrons. The van der Waals surface area contributed by atoms with E-state index in [1.54, 1.807) is 38.5 Å². The number of allylic oxidation sites excluding steroid dienone is 5. The lowest BCUT2D eigenvalue weighted by Gasteiger charge is -2.32. The van der Waals surface area contributed by atoms with Crippen LogP contribution >= 0.6 is 23.1 Å². The van der Waals surface area contributed by atoms with Gasteiger partial charge in [0.2, 0.25) is 11.2 Å². The summed E-state index contributed by atoms with van der Waals surface area (Å²) >= 11 is -4.08. The highest BCUT2D eigenvalue weighted by Crippen LogP contribution is 2.69. The van der Waals surface area contributed by atoms with Crippen molar-refractivity contribution in [2.45, 2.75) is 58.8 Å². The monoisotopic (exact) mass is 586 g/mol. The molecule has 39 heavy (non-hydrogen) atoms. The first-order valence-electron chi connectivity index (χ1n) is 12.7. The van der Waals surface area contributed by atoms with Crippen LogP contribution in [-0.2, 0) is 11.3 Å². The zero-order chi connectivity index (χ0) is 29.6. The number of halogens is 3. The van der Waals surface area contributed by atoms with Crippen LogP contribution in [-0.4, -0.2) is 38.3 Å². The average Bonchev–Trinajstić information content (AvgIpc) is 3.40. The molecular formula is C27H43F3N7S2+. The summed E-state index contributed by atoms with van der Waals surface area (Å²) in [6.07, 6.45) is 8.09. The maximum absolute atomic E-state index is 14.2. The summed E-state index contributed by atoms with van der Waals surface area (Å²) in [5.74, 6) is 0.661. The minimum absolute atomic E-state index is 0.0132. The standard InChI is InChI=1S/C27H43F3N7S2/c1-19(17-32-7)16-26(4,5)23(21(3)35-38-24(18-33-8)20(2)31)10-11-25(34-9)36-15-13-22-12-14-27(6,37(22)36)39(28,29)30/h10-11,13,15,18-19,32,35H,3,9,12,14,16-17,31H2,1-2,4-8H3/q+1/b23-10-,24-20+,25-11+,33-18?. The molecular weight excluding hydrogens is 543 g/mol. The summed E-state index contributed by atoms with van der Waals surface area (Å²) in [6.45, 7) is 18.3. The molecule has 12 heteroatoms. The fourth-order valence-corrected chi connectivity index (χ4v) is 6.40. The third-order valence-corrected chi connectivity index (χ3v) is 9.24. The number of nitrogens with zero attached hydrogens (tertiary/aromatic N) is 4. The molecule has 0 amide bonds. The van der Waals surface area contributed by atoms with Gasteiger partial charge >= 0.3 is 5.82 Å². The molecule has 0 radical (unpaired) electrons. The predicted molar refractivity (Wildman–Crippen MR) is 162 cm³/mol. The SMILES string of the molecule is C=N/C(=C\C=C(\C(=C)NS/C(C=NC)=C(\C)N)C(C)(C)CC(C)CNC)[n+]1ccc2n1C(C)(S(F)(F)F)CC2. The molecule has 0 spiro atoms. The smallest absolute Gasteiger partial charge is 0.345 e. The van der Waals surface area contributed by atoms with Crippen molar-refractivity contribution in [3.8, 4) is 0 Å². The zero-order valence-electron chi connectivity index (χ0n) is 24.0. The van der Waals surface area contributed by atoms with Gasteiger partial charge in [0.25, 0.3) is 0 Å². The van der Waals surface area contributed by atoms with E-state index >= 15 is 0 Å². The molecule has 1 aromatic rings. The van der Waals surface area contributed by atoms with E-state index < -0.39 is 16.1 Å². The van der Waals surface area contributed by atoms with Gasteiger partial charge in [0.1, 0.15) is 12.9 Å². The van der Waals surface area contributed by atoms with Crippen molar-refractivity contribution >= 4 is 41.9 Å². The highest BCUT2D eigenvalue weighted by atomic mass is 32.3. The van der Waals surface area contributed by atoms with E-state index in [4.69, 9.17) is 5.73 Å². The van der Waals surface area contributed by atoms with Gasteiger partial charge in [-0.3, -0.25) is 4.99 Å². The largest absolute Gasteiger partial charge is 0.401 e. The summed E-state index contributed by atoms with van der Waals surface area (Å²) in [6, 6.07) is 1.72. The van der Waals surface area contributed by atoms with Crippen LogP contribution in [0.2, 0.25) is 0 Å². The second-order valence-electron chi connectivity index (χ2n) is 10.7. The molecule has 0 aliphatic carbocycles. The van der Waals surface area contributed by atoms with E-state index in [2.05, 4.69) is 54.1 Å². The van der Waals surface area contributed by atoms with Crippen molar-refractivity contribution in [2.24, 2.45) is 27.1 Å². The fraction of sp³-hybridized carbons (Fsp3) is 0.519. The van der Waals surface area contributed by atoms with Gasteiger partial charge in [-0.1, -0.05) is 32.3 Å². The summed E-state index contributed by atoms with van der Waals surface area (Å²) < 4.78 is 48.7.